The Balaban J connectivity index is 3.40. The van der Waals surface area contributed by atoms with Crippen LogP contribution < -0.4 is 4.74 Å². The molecule has 4 nitrogen and oxygen atoms in total. The monoisotopic (exact) mass is 333 g/mol. The van der Waals surface area contributed by atoms with E-state index in [1.54, 1.807) is 0 Å². The molecule has 0 fully saturated rings. The Morgan fingerprint density at radius 1 is 1.43 bits per heavy atom. The maximum atomic E-state index is 12.8. The molecule has 0 aliphatic rings. The third-order valence-corrected chi connectivity index (χ3v) is 2.43. The quantitative estimate of drug-likeness (QED) is 0.467. The van der Waals surface area contributed by atoms with Crippen molar-refractivity contribution in [1.82, 2.24) is 4.98 Å². The molecule has 1 aromatic heterocycles. The van der Waals surface area contributed by atoms with Crippen molar-refractivity contribution in [3.8, 4) is 5.75 Å². The van der Waals surface area contributed by atoms with Crippen molar-refractivity contribution in [2.75, 3.05) is 6.61 Å². The summed E-state index contributed by atoms with van der Waals surface area (Å²) in [6, 6.07) is 0.565. The minimum atomic E-state index is -5.13. The highest BCUT2D eigenvalue weighted by Gasteiger charge is 2.34. The number of alkyl halides is 6. The lowest BCUT2D eigenvalue weighted by Gasteiger charge is -2.15. The third kappa shape index (κ3) is 4.69. The van der Waals surface area contributed by atoms with Crippen LogP contribution in [0.3, 0.4) is 0 Å². The van der Waals surface area contributed by atoms with Crippen LogP contribution in [0.25, 0.3) is 0 Å². The van der Waals surface area contributed by atoms with Gasteiger partial charge in [-0.15, -0.1) is 24.8 Å². The highest BCUT2D eigenvalue weighted by Crippen LogP contribution is 2.34. The zero-order valence-electron chi connectivity index (χ0n) is 10.5. The van der Waals surface area contributed by atoms with Crippen LogP contribution in [0.5, 0.6) is 5.75 Å². The highest BCUT2D eigenvalue weighted by atomic mass is 35.5. The van der Waals surface area contributed by atoms with Crippen LogP contribution in [-0.2, 0) is 10.6 Å². The van der Waals surface area contributed by atoms with E-state index in [4.69, 9.17) is 11.6 Å². The first-order chi connectivity index (χ1) is 9.69. The summed E-state index contributed by atoms with van der Waals surface area (Å²) >= 11 is 5.37. The molecule has 0 saturated carbocycles. The van der Waals surface area contributed by atoms with Crippen LogP contribution >= 0.6 is 11.6 Å². The average Bonchev–Trinajstić information content (AvgIpc) is 2.36. The van der Waals surface area contributed by atoms with E-state index in [2.05, 4.69) is 14.5 Å². The Hall–Kier alpha value is -1.64. The lowest BCUT2D eigenvalue weighted by atomic mass is 10.1. The van der Waals surface area contributed by atoms with Crippen LogP contribution in [0, 0.1) is 0 Å². The Kier molecular flexibility index (Phi) is 5.70. The molecule has 0 bridgehead atoms. The standard InChI is InChI=1S/C11H9ClF5NO3/c1-2-20-10(19)6-3-7(21-11(15,16)17)5(4-12)8(18-6)9(13)14/h3,9H,2,4H2,1H3. The van der Waals surface area contributed by atoms with Gasteiger partial charge >= 0.3 is 12.3 Å². The summed E-state index contributed by atoms with van der Waals surface area (Å²) in [5, 5.41) is 0. The molecule has 0 aromatic carbocycles. The van der Waals surface area contributed by atoms with Crippen molar-refractivity contribution in [1.29, 1.82) is 0 Å². The van der Waals surface area contributed by atoms with Gasteiger partial charge in [-0.3, -0.25) is 0 Å². The number of hydrogen-bond donors (Lipinski definition) is 0. The van der Waals surface area contributed by atoms with Gasteiger partial charge in [-0.2, -0.15) is 0 Å². The number of pyridine rings is 1. The topological polar surface area (TPSA) is 48.4 Å². The molecule has 0 aliphatic heterocycles. The number of carbonyl (C=O) groups excluding carboxylic acids is 1. The number of esters is 1. The summed E-state index contributed by atoms with van der Waals surface area (Å²) in [6.07, 6.45) is -8.36. The second-order valence-corrected chi connectivity index (χ2v) is 3.84. The number of hydrogen-bond acceptors (Lipinski definition) is 4. The summed E-state index contributed by atoms with van der Waals surface area (Å²) in [4.78, 5) is 14.7. The van der Waals surface area contributed by atoms with Crippen molar-refractivity contribution in [3.05, 3.63) is 23.0 Å². The summed E-state index contributed by atoms with van der Waals surface area (Å²) < 4.78 is 70.7. The van der Waals surface area contributed by atoms with Crippen LogP contribution in [0.1, 0.15) is 35.1 Å². The number of ether oxygens (including phenoxy) is 2. The molecule has 0 amide bonds. The number of nitrogens with zero attached hydrogens (tertiary/aromatic N) is 1. The first-order valence-electron chi connectivity index (χ1n) is 5.50. The molecular weight excluding hydrogens is 325 g/mol. The summed E-state index contributed by atoms with van der Waals surface area (Å²) in [6.45, 7) is 1.34. The molecule has 0 unspecified atom stereocenters. The van der Waals surface area contributed by atoms with Crippen molar-refractivity contribution < 1.29 is 36.2 Å². The second-order valence-electron chi connectivity index (χ2n) is 3.57. The van der Waals surface area contributed by atoms with Gasteiger partial charge in [0.1, 0.15) is 11.4 Å². The molecular formula is C11H9ClF5NO3. The molecule has 1 rings (SSSR count). The molecule has 1 aromatic rings. The predicted molar refractivity (Wildman–Crippen MR) is 61.4 cm³/mol. The average molecular weight is 334 g/mol. The van der Waals surface area contributed by atoms with Crippen LogP contribution in [-0.4, -0.2) is 23.9 Å². The number of rotatable bonds is 5. The van der Waals surface area contributed by atoms with E-state index in [0.717, 1.165) is 0 Å². The van der Waals surface area contributed by atoms with Crippen LogP contribution in [0.4, 0.5) is 22.0 Å². The molecule has 1 heterocycles. The Labute approximate surface area is 120 Å². The van der Waals surface area contributed by atoms with Crippen molar-refractivity contribution in [2.45, 2.75) is 25.6 Å². The summed E-state index contributed by atoms with van der Waals surface area (Å²) in [7, 11) is 0. The van der Waals surface area contributed by atoms with E-state index in [1.165, 1.54) is 6.92 Å². The first-order valence-corrected chi connectivity index (χ1v) is 6.03. The molecule has 21 heavy (non-hydrogen) atoms. The fourth-order valence-electron chi connectivity index (χ4n) is 1.41. The third-order valence-electron chi connectivity index (χ3n) is 2.17. The van der Waals surface area contributed by atoms with Crippen LogP contribution in [0.15, 0.2) is 6.07 Å². The predicted octanol–water partition coefficient (Wildman–Crippen LogP) is 3.83. The molecule has 0 radical (unpaired) electrons. The normalized spacial score (nSPS) is 11.6. The molecule has 0 saturated heterocycles. The molecule has 0 aliphatic carbocycles. The molecule has 118 valence electrons. The molecule has 0 N–H and O–H groups in total. The van der Waals surface area contributed by atoms with E-state index in [0.29, 0.717) is 6.07 Å². The van der Waals surface area contributed by atoms with E-state index in [-0.39, 0.29) is 6.61 Å². The number of halogens is 6. The lowest BCUT2D eigenvalue weighted by molar-refractivity contribution is -0.275. The maximum Gasteiger partial charge on any atom is 0.573 e. The number of aromatic nitrogens is 1. The second kappa shape index (κ2) is 6.88. The lowest BCUT2D eigenvalue weighted by Crippen LogP contribution is -2.20. The van der Waals surface area contributed by atoms with Crippen LogP contribution in [0.2, 0.25) is 0 Å². The zero-order chi connectivity index (χ0) is 16.2. The highest BCUT2D eigenvalue weighted by molar-refractivity contribution is 6.17. The number of carbonyl (C=O) groups is 1. The van der Waals surface area contributed by atoms with E-state index < -0.39 is 47.3 Å². The van der Waals surface area contributed by atoms with Gasteiger partial charge in [-0.25, -0.2) is 18.6 Å². The molecule has 10 heteroatoms. The van der Waals surface area contributed by atoms with E-state index >= 15 is 0 Å². The van der Waals surface area contributed by atoms with Crippen molar-refractivity contribution >= 4 is 17.6 Å². The van der Waals surface area contributed by atoms with Crippen molar-refractivity contribution in [2.24, 2.45) is 0 Å². The van der Waals surface area contributed by atoms with Crippen molar-refractivity contribution in [3.63, 3.8) is 0 Å². The minimum absolute atomic E-state index is 0.1000. The van der Waals surface area contributed by atoms with Gasteiger partial charge in [0.15, 0.2) is 5.69 Å². The van der Waals surface area contributed by atoms with Gasteiger partial charge in [-0.05, 0) is 6.92 Å². The largest absolute Gasteiger partial charge is 0.573 e. The molecule has 0 spiro atoms. The van der Waals surface area contributed by atoms with Gasteiger partial charge in [0.25, 0.3) is 6.43 Å². The zero-order valence-corrected chi connectivity index (χ0v) is 11.3. The van der Waals surface area contributed by atoms with E-state index in [1.807, 2.05) is 0 Å². The van der Waals surface area contributed by atoms with Gasteiger partial charge in [0.05, 0.1) is 12.5 Å². The molecule has 0 atom stereocenters. The van der Waals surface area contributed by atoms with Gasteiger partial charge in [0, 0.05) is 11.6 Å². The Morgan fingerprint density at radius 3 is 2.48 bits per heavy atom. The fraction of sp³-hybridized carbons (Fsp3) is 0.455. The smallest absolute Gasteiger partial charge is 0.461 e. The minimum Gasteiger partial charge on any atom is -0.461 e. The fourth-order valence-corrected chi connectivity index (χ4v) is 1.68. The Bertz CT molecular complexity index is 521. The summed E-state index contributed by atoms with van der Waals surface area (Å²) in [5.41, 5.74) is -2.42. The first kappa shape index (κ1) is 17.4. The Morgan fingerprint density at radius 2 is 2.05 bits per heavy atom. The maximum absolute atomic E-state index is 12.8. The SMILES string of the molecule is CCOC(=O)c1cc(OC(F)(F)F)c(CCl)c(C(F)F)n1. The summed E-state index contributed by atoms with van der Waals surface area (Å²) in [5.74, 6) is -2.85. The van der Waals surface area contributed by atoms with Gasteiger partial charge in [0.2, 0.25) is 0 Å². The van der Waals surface area contributed by atoms with Gasteiger partial charge < -0.3 is 9.47 Å². The van der Waals surface area contributed by atoms with Gasteiger partial charge in [-0.1, -0.05) is 0 Å². The van der Waals surface area contributed by atoms with E-state index in [9.17, 15) is 26.7 Å².